The van der Waals surface area contributed by atoms with Gasteiger partial charge < -0.3 is 5.11 Å². The highest BCUT2D eigenvalue weighted by Crippen LogP contribution is 2.30. The van der Waals surface area contributed by atoms with E-state index >= 15 is 0 Å². The van der Waals surface area contributed by atoms with Gasteiger partial charge in [0.25, 0.3) is 0 Å². The van der Waals surface area contributed by atoms with Crippen LogP contribution in [0.5, 0.6) is 0 Å². The van der Waals surface area contributed by atoms with E-state index in [9.17, 15) is 5.11 Å². The Labute approximate surface area is 62.8 Å². The quantitative estimate of drug-likeness (QED) is 0.552. The van der Waals surface area contributed by atoms with Gasteiger partial charge in [0.1, 0.15) is 0 Å². The van der Waals surface area contributed by atoms with E-state index in [1.807, 2.05) is 6.08 Å². The largest absolute Gasteiger partial charge is 0.393 e. The van der Waals surface area contributed by atoms with Gasteiger partial charge in [-0.15, -0.1) is 6.58 Å². The van der Waals surface area contributed by atoms with Gasteiger partial charge in [-0.05, 0) is 18.8 Å². The molecule has 1 nitrogen and oxygen atoms in total. The molecule has 58 valence electrons. The van der Waals surface area contributed by atoms with Crippen molar-refractivity contribution in [3.05, 3.63) is 12.7 Å². The molecule has 0 heterocycles. The van der Waals surface area contributed by atoms with Crippen LogP contribution < -0.4 is 0 Å². The van der Waals surface area contributed by atoms with E-state index in [4.69, 9.17) is 0 Å². The first-order chi connectivity index (χ1) is 4.75. The molecule has 1 N–H and O–H groups in total. The summed E-state index contributed by atoms with van der Waals surface area (Å²) >= 11 is 0. The topological polar surface area (TPSA) is 20.2 Å². The van der Waals surface area contributed by atoms with Crippen molar-refractivity contribution in [1.29, 1.82) is 0 Å². The van der Waals surface area contributed by atoms with E-state index in [2.05, 4.69) is 13.5 Å². The molecule has 3 unspecified atom stereocenters. The summed E-state index contributed by atoms with van der Waals surface area (Å²) in [5, 5.41) is 9.47. The maximum Gasteiger partial charge on any atom is 0.0605 e. The van der Waals surface area contributed by atoms with Crippen molar-refractivity contribution < 1.29 is 5.11 Å². The SMILES string of the molecule is C=CC1C(C)CCCC1O. The summed E-state index contributed by atoms with van der Waals surface area (Å²) in [6.45, 7) is 5.91. The first-order valence-corrected chi connectivity index (χ1v) is 4.06. The van der Waals surface area contributed by atoms with Crippen molar-refractivity contribution in [2.75, 3.05) is 0 Å². The maximum atomic E-state index is 9.47. The fourth-order valence-electron chi connectivity index (χ4n) is 1.80. The normalized spacial score (nSPS) is 41.2. The standard InChI is InChI=1S/C9H16O/c1-3-8-7(2)5-4-6-9(8)10/h3,7-10H,1,4-6H2,2H3. The average molecular weight is 140 g/mol. The second-order valence-corrected chi connectivity index (χ2v) is 3.29. The smallest absolute Gasteiger partial charge is 0.0605 e. The average Bonchev–Trinajstić information content (AvgIpc) is 1.88. The fourth-order valence-corrected chi connectivity index (χ4v) is 1.80. The Morgan fingerprint density at radius 2 is 2.20 bits per heavy atom. The van der Waals surface area contributed by atoms with Gasteiger partial charge in [-0.25, -0.2) is 0 Å². The molecule has 0 saturated heterocycles. The van der Waals surface area contributed by atoms with Gasteiger partial charge in [-0.3, -0.25) is 0 Å². The molecule has 1 aliphatic rings. The van der Waals surface area contributed by atoms with Crippen LogP contribution >= 0.6 is 0 Å². The second kappa shape index (κ2) is 3.20. The first kappa shape index (κ1) is 7.80. The van der Waals surface area contributed by atoms with Crippen LogP contribution in [0.15, 0.2) is 12.7 Å². The van der Waals surface area contributed by atoms with E-state index in [1.165, 1.54) is 12.8 Å². The molecule has 1 saturated carbocycles. The van der Waals surface area contributed by atoms with E-state index in [0.717, 1.165) is 6.42 Å². The monoisotopic (exact) mass is 140 g/mol. The van der Waals surface area contributed by atoms with Crippen LogP contribution in [0.1, 0.15) is 26.2 Å². The molecule has 0 aromatic carbocycles. The molecule has 0 aromatic rings. The van der Waals surface area contributed by atoms with Gasteiger partial charge in [0.15, 0.2) is 0 Å². The molecule has 0 spiro atoms. The van der Waals surface area contributed by atoms with Crippen LogP contribution in [0.25, 0.3) is 0 Å². The molecule has 3 atom stereocenters. The van der Waals surface area contributed by atoms with Crippen molar-refractivity contribution in [3.8, 4) is 0 Å². The van der Waals surface area contributed by atoms with Gasteiger partial charge in [0, 0.05) is 5.92 Å². The molecule has 1 fully saturated rings. The van der Waals surface area contributed by atoms with Crippen LogP contribution in [0.4, 0.5) is 0 Å². The Kier molecular flexibility index (Phi) is 2.50. The Balaban J connectivity index is 2.53. The highest BCUT2D eigenvalue weighted by molar-refractivity contribution is 4.90. The predicted molar refractivity (Wildman–Crippen MR) is 42.7 cm³/mol. The summed E-state index contributed by atoms with van der Waals surface area (Å²) in [6, 6.07) is 0. The molecule has 0 aliphatic heterocycles. The van der Waals surface area contributed by atoms with Crippen molar-refractivity contribution >= 4 is 0 Å². The van der Waals surface area contributed by atoms with Crippen LogP contribution in [0, 0.1) is 11.8 Å². The summed E-state index contributed by atoms with van der Waals surface area (Å²) < 4.78 is 0. The molecular weight excluding hydrogens is 124 g/mol. The van der Waals surface area contributed by atoms with E-state index in [1.54, 1.807) is 0 Å². The zero-order chi connectivity index (χ0) is 7.56. The van der Waals surface area contributed by atoms with E-state index in [0.29, 0.717) is 11.8 Å². The number of aliphatic hydroxyl groups is 1. The fraction of sp³-hybridized carbons (Fsp3) is 0.778. The van der Waals surface area contributed by atoms with E-state index in [-0.39, 0.29) is 6.10 Å². The third-order valence-corrected chi connectivity index (χ3v) is 2.53. The van der Waals surface area contributed by atoms with Crippen molar-refractivity contribution in [3.63, 3.8) is 0 Å². The lowest BCUT2D eigenvalue weighted by Crippen LogP contribution is -2.28. The molecule has 0 radical (unpaired) electrons. The molecule has 0 amide bonds. The highest BCUT2D eigenvalue weighted by atomic mass is 16.3. The van der Waals surface area contributed by atoms with Crippen molar-refractivity contribution in [1.82, 2.24) is 0 Å². The Hall–Kier alpha value is -0.300. The number of hydrogen-bond donors (Lipinski definition) is 1. The van der Waals surface area contributed by atoms with Crippen LogP contribution in [-0.2, 0) is 0 Å². The zero-order valence-corrected chi connectivity index (χ0v) is 6.59. The highest BCUT2D eigenvalue weighted by Gasteiger charge is 2.26. The summed E-state index contributed by atoms with van der Waals surface area (Å²) in [4.78, 5) is 0. The molecule has 0 bridgehead atoms. The minimum atomic E-state index is -0.124. The van der Waals surface area contributed by atoms with Gasteiger partial charge in [0.2, 0.25) is 0 Å². The molecule has 1 heteroatoms. The van der Waals surface area contributed by atoms with Gasteiger partial charge in [0.05, 0.1) is 6.10 Å². The third-order valence-electron chi connectivity index (χ3n) is 2.53. The van der Waals surface area contributed by atoms with Crippen LogP contribution in [0.2, 0.25) is 0 Å². The summed E-state index contributed by atoms with van der Waals surface area (Å²) in [5.74, 6) is 0.968. The van der Waals surface area contributed by atoms with Crippen molar-refractivity contribution in [2.24, 2.45) is 11.8 Å². The molecular formula is C9H16O. The summed E-state index contributed by atoms with van der Waals surface area (Å²) in [7, 11) is 0. The minimum Gasteiger partial charge on any atom is -0.393 e. The Morgan fingerprint density at radius 1 is 1.50 bits per heavy atom. The lowest BCUT2D eigenvalue weighted by atomic mass is 9.78. The Morgan fingerprint density at radius 3 is 2.60 bits per heavy atom. The summed E-state index contributed by atoms with van der Waals surface area (Å²) in [5.41, 5.74) is 0. The number of hydrogen-bond acceptors (Lipinski definition) is 1. The van der Waals surface area contributed by atoms with Crippen molar-refractivity contribution in [2.45, 2.75) is 32.3 Å². The molecule has 10 heavy (non-hydrogen) atoms. The summed E-state index contributed by atoms with van der Waals surface area (Å²) in [6.07, 6.45) is 5.15. The maximum absolute atomic E-state index is 9.47. The second-order valence-electron chi connectivity index (χ2n) is 3.29. The predicted octanol–water partition coefficient (Wildman–Crippen LogP) is 1.97. The van der Waals surface area contributed by atoms with E-state index < -0.39 is 0 Å². The first-order valence-electron chi connectivity index (χ1n) is 4.06. The lowest BCUT2D eigenvalue weighted by molar-refractivity contribution is 0.0637. The number of rotatable bonds is 1. The Bertz CT molecular complexity index is 110. The zero-order valence-electron chi connectivity index (χ0n) is 6.59. The van der Waals surface area contributed by atoms with Crippen LogP contribution in [-0.4, -0.2) is 11.2 Å². The molecule has 1 aliphatic carbocycles. The minimum absolute atomic E-state index is 0.124. The van der Waals surface area contributed by atoms with Gasteiger partial charge in [-0.1, -0.05) is 19.4 Å². The van der Waals surface area contributed by atoms with Gasteiger partial charge >= 0.3 is 0 Å². The molecule has 0 aromatic heterocycles. The number of aliphatic hydroxyl groups excluding tert-OH is 1. The van der Waals surface area contributed by atoms with Crippen LogP contribution in [0.3, 0.4) is 0 Å². The third kappa shape index (κ3) is 1.40. The molecule has 1 rings (SSSR count). The lowest BCUT2D eigenvalue weighted by Gasteiger charge is -2.30. The van der Waals surface area contributed by atoms with Gasteiger partial charge in [-0.2, -0.15) is 0 Å².